The Hall–Kier alpha value is -3.06. The minimum absolute atomic E-state index is 0.0278. The van der Waals surface area contributed by atoms with E-state index < -0.39 is 59.0 Å². The number of fused-ring (bicyclic) bond motifs is 1. The van der Waals surface area contributed by atoms with Crippen LogP contribution in [0.3, 0.4) is 0 Å². The molecule has 0 radical (unpaired) electrons. The maximum atomic E-state index is 15.7. The Morgan fingerprint density at radius 1 is 1.06 bits per heavy atom. The number of rotatable bonds is 6. The summed E-state index contributed by atoms with van der Waals surface area (Å²) in [6.07, 6.45) is -2.19. The molecule has 1 aliphatic heterocycles. The van der Waals surface area contributed by atoms with Crippen LogP contribution in [0.25, 0.3) is 0 Å². The topological polar surface area (TPSA) is 61.4 Å². The second kappa shape index (κ2) is 9.77. The molecule has 0 saturated heterocycles. The van der Waals surface area contributed by atoms with Crippen LogP contribution in [0.5, 0.6) is 0 Å². The van der Waals surface area contributed by atoms with Gasteiger partial charge in [0.25, 0.3) is 11.8 Å². The summed E-state index contributed by atoms with van der Waals surface area (Å²) in [5.41, 5.74) is -1.85. The Kier molecular flexibility index (Phi) is 7.06. The molecule has 188 valence electrons. The van der Waals surface area contributed by atoms with E-state index in [4.69, 9.17) is 0 Å². The largest absolute Gasteiger partial charge is 0.348 e. The molecule has 3 aromatic carbocycles. The highest BCUT2D eigenvalue weighted by Gasteiger charge is 2.51. The summed E-state index contributed by atoms with van der Waals surface area (Å²) < 4.78 is 71.5. The first-order valence-electron chi connectivity index (χ1n) is 10.7. The van der Waals surface area contributed by atoms with Gasteiger partial charge >= 0.3 is 0 Å². The molecule has 5 nitrogen and oxygen atoms in total. The molecule has 1 heterocycles. The number of carbonyl (C=O) groups is 2. The summed E-state index contributed by atoms with van der Waals surface area (Å²) in [4.78, 5) is 27.0. The number of nitrogens with zero attached hydrogens (tertiary/aromatic N) is 1. The van der Waals surface area contributed by atoms with Crippen LogP contribution in [0.2, 0.25) is 0 Å². The van der Waals surface area contributed by atoms with Crippen LogP contribution in [0.1, 0.15) is 40.3 Å². The minimum atomic E-state index is -2.19. The maximum Gasteiger partial charge on any atom is 0.254 e. The van der Waals surface area contributed by atoms with Crippen molar-refractivity contribution in [3.63, 3.8) is 0 Å². The smallest absolute Gasteiger partial charge is 0.254 e. The summed E-state index contributed by atoms with van der Waals surface area (Å²) in [5, 5.41) is 5.23. The van der Waals surface area contributed by atoms with E-state index in [1.54, 1.807) is 6.92 Å². The van der Waals surface area contributed by atoms with E-state index >= 15 is 4.39 Å². The minimum Gasteiger partial charge on any atom is -0.348 e. The van der Waals surface area contributed by atoms with Crippen LogP contribution in [-0.4, -0.2) is 18.9 Å². The van der Waals surface area contributed by atoms with E-state index in [2.05, 4.69) is 10.6 Å². The fourth-order valence-electron chi connectivity index (χ4n) is 4.14. The van der Waals surface area contributed by atoms with E-state index in [1.807, 2.05) is 22.6 Å². The molecule has 2 atom stereocenters. The quantitative estimate of drug-likeness (QED) is 0.227. The third-order valence-corrected chi connectivity index (χ3v) is 7.01. The molecule has 4 rings (SSSR count). The Bertz CT molecular complexity index is 1360. The molecule has 0 aromatic heterocycles. The monoisotopic (exact) mass is 615 g/mol. The number of likely N-dealkylation sites (N-methyl/N-ethyl adjacent to an activating group) is 1. The van der Waals surface area contributed by atoms with Crippen LogP contribution in [0.15, 0.2) is 48.5 Å². The van der Waals surface area contributed by atoms with Crippen LogP contribution < -0.4 is 15.5 Å². The number of nitrogens with one attached hydrogen (secondary N) is 2. The number of benzene rings is 3. The number of hydrogen-bond acceptors (Lipinski definition) is 3. The van der Waals surface area contributed by atoms with Crippen LogP contribution in [0, 0.1) is 26.8 Å². The molecule has 36 heavy (non-hydrogen) atoms. The summed E-state index contributed by atoms with van der Waals surface area (Å²) in [7, 11) is 1.52. The van der Waals surface area contributed by atoms with Crippen LogP contribution >= 0.6 is 22.6 Å². The Balaban J connectivity index is 1.73. The van der Waals surface area contributed by atoms with Gasteiger partial charge in [-0.05, 0) is 54.8 Å². The summed E-state index contributed by atoms with van der Waals surface area (Å²) in [6, 6.07) is 8.81. The third-order valence-electron chi connectivity index (χ3n) is 6.16. The van der Waals surface area contributed by atoms with Crippen LogP contribution in [0.4, 0.5) is 27.6 Å². The number of anilines is 1. The lowest BCUT2D eigenvalue weighted by Crippen LogP contribution is -2.47. The van der Waals surface area contributed by atoms with Crippen molar-refractivity contribution >= 4 is 40.1 Å². The van der Waals surface area contributed by atoms with Crippen molar-refractivity contribution in [2.75, 3.05) is 11.9 Å². The molecule has 0 fully saturated rings. The second-order valence-corrected chi connectivity index (χ2v) is 9.45. The van der Waals surface area contributed by atoms with E-state index in [0.29, 0.717) is 21.3 Å². The van der Waals surface area contributed by atoms with Crippen molar-refractivity contribution in [2.24, 2.45) is 0 Å². The Labute approximate surface area is 216 Å². The summed E-state index contributed by atoms with van der Waals surface area (Å²) in [5.74, 6) is -5.73. The number of alkyl halides is 1. The van der Waals surface area contributed by atoms with Crippen LogP contribution in [-0.2, 0) is 16.9 Å². The SMILES string of the molecule is CNC1(C)C(=O)N(C(F)c2ccccc2F)c2cc(C(=O)NCc3c(F)cc(F)cc3F)cc(I)c21. The Morgan fingerprint density at radius 2 is 1.69 bits per heavy atom. The fraction of sp³-hybridized carbons (Fsp3) is 0.200. The van der Waals surface area contributed by atoms with Crippen molar-refractivity contribution in [1.29, 1.82) is 0 Å². The van der Waals surface area contributed by atoms with Gasteiger partial charge in [0.15, 0.2) is 0 Å². The average Bonchev–Trinajstić information content (AvgIpc) is 3.05. The third kappa shape index (κ3) is 4.34. The number of halogens is 6. The van der Waals surface area contributed by atoms with Gasteiger partial charge < -0.3 is 10.6 Å². The van der Waals surface area contributed by atoms with Crippen molar-refractivity contribution in [1.82, 2.24) is 10.6 Å². The highest BCUT2D eigenvalue weighted by atomic mass is 127. The van der Waals surface area contributed by atoms with Gasteiger partial charge in [0.1, 0.15) is 28.8 Å². The molecule has 1 aliphatic rings. The molecule has 3 aromatic rings. The standard InChI is InChI=1S/C25H19F5IN3O2/c1-25(32-2)21-19(31)7-12(23(35)33-11-15-17(28)9-13(26)10-18(15)29)8-20(21)34(24(25)36)22(30)14-5-3-4-6-16(14)27/h3-10,22,32H,11H2,1-2H3,(H,33,35). The lowest BCUT2D eigenvalue weighted by atomic mass is 9.93. The molecule has 0 aliphatic carbocycles. The fourth-order valence-corrected chi connectivity index (χ4v) is 5.29. The van der Waals surface area contributed by atoms with Gasteiger partial charge in [0.05, 0.1) is 5.69 Å². The zero-order valence-electron chi connectivity index (χ0n) is 18.9. The van der Waals surface area contributed by atoms with Gasteiger partial charge in [-0.3, -0.25) is 14.5 Å². The molecule has 0 spiro atoms. The van der Waals surface area contributed by atoms with E-state index in [1.165, 1.54) is 37.4 Å². The summed E-state index contributed by atoms with van der Waals surface area (Å²) >= 11 is 1.90. The molecule has 2 unspecified atom stereocenters. The van der Waals surface area contributed by atoms with Crippen molar-refractivity contribution in [2.45, 2.75) is 25.3 Å². The molecule has 11 heteroatoms. The first-order chi connectivity index (χ1) is 17.0. The lowest BCUT2D eigenvalue weighted by Gasteiger charge is -2.26. The average molecular weight is 615 g/mol. The van der Waals surface area contributed by atoms with Crippen molar-refractivity contribution in [3.05, 3.63) is 97.6 Å². The van der Waals surface area contributed by atoms with Gasteiger partial charge in [-0.15, -0.1) is 0 Å². The molecular formula is C25H19F5IN3O2. The zero-order chi connectivity index (χ0) is 26.4. The molecule has 2 N–H and O–H groups in total. The van der Waals surface area contributed by atoms with E-state index in [-0.39, 0.29) is 16.8 Å². The first-order valence-corrected chi connectivity index (χ1v) is 11.7. The van der Waals surface area contributed by atoms with Gasteiger partial charge in [0.2, 0.25) is 6.30 Å². The zero-order valence-corrected chi connectivity index (χ0v) is 21.1. The predicted octanol–water partition coefficient (Wildman–Crippen LogP) is 5.23. The van der Waals surface area contributed by atoms with Gasteiger partial charge in [-0.2, -0.15) is 0 Å². The Morgan fingerprint density at radius 3 is 2.31 bits per heavy atom. The predicted molar refractivity (Wildman–Crippen MR) is 131 cm³/mol. The van der Waals surface area contributed by atoms with Gasteiger partial charge in [-0.1, -0.05) is 18.2 Å². The maximum absolute atomic E-state index is 15.7. The molecular weight excluding hydrogens is 596 g/mol. The number of carbonyl (C=O) groups excluding carboxylic acids is 2. The first kappa shape index (κ1) is 26.0. The highest BCUT2D eigenvalue weighted by Crippen LogP contribution is 2.47. The van der Waals surface area contributed by atoms with E-state index in [9.17, 15) is 27.2 Å². The lowest BCUT2D eigenvalue weighted by molar-refractivity contribution is -0.124. The van der Waals surface area contributed by atoms with Crippen molar-refractivity contribution < 1.29 is 31.5 Å². The van der Waals surface area contributed by atoms with Gasteiger partial charge in [-0.25, -0.2) is 22.0 Å². The van der Waals surface area contributed by atoms with Crippen molar-refractivity contribution in [3.8, 4) is 0 Å². The highest BCUT2D eigenvalue weighted by molar-refractivity contribution is 14.1. The number of amides is 2. The molecule has 0 saturated carbocycles. The summed E-state index contributed by atoms with van der Waals surface area (Å²) in [6.45, 7) is 0.965. The van der Waals surface area contributed by atoms with Gasteiger partial charge in [0, 0.05) is 44.5 Å². The normalized spacial score (nSPS) is 17.8. The number of hydrogen-bond donors (Lipinski definition) is 2. The van der Waals surface area contributed by atoms with E-state index in [0.717, 1.165) is 11.0 Å². The molecule has 0 bridgehead atoms. The second-order valence-electron chi connectivity index (χ2n) is 8.29. The molecule has 2 amide bonds.